The molecular weight excluding hydrogens is 219 g/mol. The highest BCUT2D eigenvalue weighted by Gasteiger charge is 2.25. The Hall–Kier alpha value is -1.22. The molecule has 0 saturated carbocycles. The molecule has 2 rings (SSSR count). The van der Waals surface area contributed by atoms with Gasteiger partial charge in [-0.1, -0.05) is 18.2 Å². The van der Waals surface area contributed by atoms with Crippen LogP contribution in [-0.4, -0.2) is 26.2 Å². The number of aldehydes is 1. The number of benzene rings is 1. The molecule has 0 radical (unpaired) electrons. The third kappa shape index (κ3) is 2.91. The molecule has 0 N–H and O–H groups in total. The first-order valence-electron chi connectivity index (χ1n) is 6.04. The Labute approximate surface area is 101 Å². The Morgan fingerprint density at radius 2 is 2.18 bits per heavy atom. The zero-order valence-electron chi connectivity index (χ0n) is 9.77. The standard InChI is InChI=1S/C14H17FO2/c15-9-14(12-4-6-17-7-5-12)13-3-1-2-11(8-13)10-16/h1-3,8,10,12,14H,4-7,9H2. The van der Waals surface area contributed by atoms with E-state index in [0.29, 0.717) is 24.7 Å². The monoisotopic (exact) mass is 236 g/mol. The first-order chi connectivity index (χ1) is 8.35. The molecular formula is C14H17FO2. The van der Waals surface area contributed by atoms with E-state index in [9.17, 15) is 9.18 Å². The SMILES string of the molecule is O=Cc1cccc(C(CF)C2CCOCC2)c1. The number of hydrogen-bond donors (Lipinski definition) is 0. The van der Waals surface area contributed by atoms with Crippen molar-refractivity contribution in [3.05, 3.63) is 35.4 Å². The van der Waals surface area contributed by atoms with Gasteiger partial charge in [-0.05, 0) is 30.4 Å². The van der Waals surface area contributed by atoms with Gasteiger partial charge in [0.15, 0.2) is 0 Å². The van der Waals surface area contributed by atoms with Crippen molar-refractivity contribution in [2.45, 2.75) is 18.8 Å². The molecule has 0 bridgehead atoms. The summed E-state index contributed by atoms with van der Waals surface area (Å²) < 4.78 is 18.5. The van der Waals surface area contributed by atoms with Crippen molar-refractivity contribution in [3.63, 3.8) is 0 Å². The molecule has 0 spiro atoms. The lowest BCUT2D eigenvalue weighted by atomic mass is 9.82. The van der Waals surface area contributed by atoms with Crippen LogP contribution in [0, 0.1) is 5.92 Å². The number of ether oxygens (including phenoxy) is 1. The first kappa shape index (κ1) is 12.2. The van der Waals surface area contributed by atoms with Crippen molar-refractivity contribution in [3.8, 4) is 0 Å². The van der Waals surface area contributed by atoms with Crippen molar-refractivity contribution in [2.24, 2.45) is 5.92 Å². The third-order valence-corrected chi connectivity index (χ3v) is 3.48. The van der Waals surface area contributed by atoms with Crippen molar-refractivity contribution in [1.29, 1.82) is 0 Å². The van der Waals surface area contributed by atoms with Crippen LogP contribution in [0.1, 0.15) is 34.7 Å². The fraction of sp³-hybridized carbons (Fsp3) is 0.500. The molecule has 0 aliphatic carbocycles. The maximum atomic E-state index is 13.2. The summed E-state index contributed by atoms with van der Waals surface area (Å²) in [5.74, 6) is 0.231. The Balaban J connectivity index is 2.17. The second-order valence-electron chi connectivity index (χ2n) is 4.50. The topological polar surface area (TPSA) is 26.3 Å². The second kappa shape index (κ2) is 5.92. The van der Waals surface area contributed by atoms with Gasteiger partial charge in [0.25, 0.3) is 0 Å². The Bertz CT molecular complexity index is 372. The van der Waals surface area contributed by atoms with Crippen molar-refractivity contribution in [2.75, 3.05) is 19.9 Å². The van der Waals surface area contributed by atoms with Gasteiger partial charge in [-0.25, -0.2) is 0 Å². The maximum Gasteiger partial charge on any atom is 0.150 e. The molecule has 1 atom stereocenters. The molecule has 2 nitrogen and oxygen atoms in total. The number of halogens is 1. The van der Waals surface area contributed by atoms with Gasteiger partial charge < -0.3 is 4.74 Å². The Kier molecular flexibility index (Phi) is 4.26. The van der Waals surface area contributed by atoms with E-state index < -0.39 is 0 Å². The summed E-state index contributed by atoms with van der Waals surface area (Å²) >= 11 is 0. The zero-order valence-corrected chi connectivity index (χ0v) is 9.77. The normalized spacial score (nSPS) is 18.9. The van der Waals surface area contributed by atoms with Crippen molar-refractivity contribution >= 4 is 6.29 Å². The molecule has 1 fully saturated rings. The van der Waals surface area contributed by atoms with Crippen LogP contribution in [0.3, 0.4) is 0 Å². The van der Waals surface area contributed by atoms with E-state index in [4.69, 9.17) is 4.74 Å². The lowest BCUT2D eigenvalue weighted by Crippen LogP contribution is -2.23. The van der Waals surface area contributed by atoms with Crippen molar-refractivity contribution < 1.29 is 13.9 Å². The van der Waals surface area contributed by atoms with Gasteiger partial charge in [-0.3, -0.25) is 9.18 Å². The van der Waals surface area contributed by atoms with Crippen LogP contribution in [-0.2, 0) is 4.74 Å². The maximum absolute atomic E-state index is 13.2. The average Bonchev–Trinajstić information content (AvgIpc) is 2.41. The van der Waals surface area contributed by atoms with E-state index in [0.717, 1.165) is 24.7 Å². The van der Waals surface area contributed by atoms with Crippen LogP contribution in [0.5, 0.6) is 0 Å². The summed E-state index contributed by atoms with van der Waals surface area (Å²) in [5, 5.41) is 0. The fourth-order valence-corrected chi connectivity index (χ4v) is 2.47. The van der Waals surface area contributed by atoms with Gasteiger partial charge in [0, 0.05) is 24.7 Å². The number of carbonyl (C=O) groups is 1. The molecule has 0 aromatic heterocycles. The molecule has 92 valence electrons. The van der Waals surface area contributed by atoms with Crippen LogP contribution in [0.25, 0.3) is 0 Å². The smallest absolute Gasteiger partial charge is 0.150 e. The molecule has 1 unspecified atom stereocenters. The van der Waals surface area contributed by atoms with E-state index in [1.165, 1.54) is 0 Å². The zero-order chi connectivity index (χ0) is 12.1. The Morgan fingerprint density at radius 3 is 2.82 bits per heavy atom. The minimum atomic E-state index is -0.368. The van der Waals surface area contributed by atoms with Gasteiger partial charge >= 0.3 is 0 Å². The van der Waals surface area contributed by atoms with E-state index in [1.54, 1.807) is 12.1 Å². The second-order valence-corrected chi connectivity index (χ2v) is 4.50. The van der Waals surface area contributed by atoms with Gasteiger partial charge in [-0.15, -0.1) is 0 Å². The number of carbonyl (C=O) groups excluding carboxylic acids is 1. The summed E-state index contributed by atoms with van der Waals surface area (Å²) in [7, 11) is 0. The molecule has 1 aromatic rings. The highest BCUT2D eigenvalue weighted by Crippen LogP contribution is 2.32. The van der Waals surface area contributed by atoms with Gasteiger partial charge in [-0.2, -0.15) is 0 Å². The predicted molar refractivity (Wildman–Crippen MR) is 64.1 cm³/mol. The van der Waals surface area contributed by atoms with E-state index >= 15 is 0 Å². The fourth-order valence-electron chi connectivity index (χ4n) is 2.47. The molecule has 1 saturated heterocycles. The molecule has 1 aliphatic rings. The molecule has 1 aromatic carbocycles. The lowest BCUT2D eigenvalue weighted by Gasteiger charge is -2.28. The highest BCUT2D eigenvalue weighted by atomic mass is 19.1. The van der Waals surface area contributed by atoms with Crippen LogP contribution >= 0.6 is 0 Å². The van der Waals surface area contributed by atoms with E-state index in [2.05, 4.69) is 0 Å². The highest BCUT2D eigenvalue weighted by molar-refractivity contribution is 5.75. The molecule has 0 amide bonds. The predicted octanol–water partition coefficient (Wildman–Crippen LogP) is 2.98. The van der Waals surface area contributed by atoms with Gasteiger partial charge in [0.2, 0.25) is 0 Å². The molecule has 1 heterocycles. The van der Waals surface area contributed by atoms with Crippen LogP contribution in [0.4, 0.5) is 4.39 Å². The first-order valence-corrected chi connectivity index (χ1v) is 6.04. The number of rotatable bonds is 4. The van der Waals surface area contributed by atoms with Gasteiger partial charge in [0.05, 0.1) is 6.67 Å². The number of alkyl halides is 1. The quantitative estimate of drug-likeness (QED) is 0.751. The molecule has 17 heavy (non-hydrogen) atoms. The summed E-state index contributed by atoms with van der Waals surface area (Å²) in [6, 6.07) is 7.27. The summed E-state index contributed by atoms with van der Waals surface area (Å²) in [6.45, 7) is 1.07. The average molecular weight is 236 g/mol. The van der Waals surface area contributed by atoms with Crippen molar-refractivity contribution in [1.82, 2.24) is 0 Å². The molecule has 1 aliphatic heterocycles. The summed E-state index contributed by atoms with van der Waals surface area (Å²) in [5.41, 5.74) is 1.55. The van der Waals surface area contributed by atoms with Gasteiger partial charge in [0.1, 0.15) is 6.29 Å². The largest absolute Gasteiger partial charge is 0.381 e. The Morgan fingerprint density at radius 1 is 1.41 bits per heavy atom. The third-order valence-electron chi connectivity index (χ3n) is 3.48. The van der Waals surface area contributed by atoms with Crippen LogP contribution in [0.15, 0.2) is 24.3 Å². The van der Waals surface area contributed by atoms with E-state index in [-0.39, 0.29) is 12.6 Å². The van der Waals surface area contributed by atoms with Crippen LogP contribution in [0.2, 0.25) is 0 Å². The summed E-state index contributed by atoms with van der Waals surface area (Å²) in [6.07, 6.45) is 2.61. The van der Waals surface area contributed by atoms with Crippen LogP contribution < -0.4 is 0 Å². The van der Waals surface area contributed by atoms with E-state index in [1.807, 2.05) is 12.1 Å². The number of hydrogen-bond acceptors (Lipinski definition) is 2. The lowest BCUT2D eigenvalue weighted by molar-refractivity contribution is 0.0546. The summed E-state index contributed by atoms with van der Waals surface area (Å²) in [4.78, 5) is 10.7. The minimum absolute atomic E-state index is 0.0983. The minimum Gasteiger partial charge on any atom is -0.381 e. The molecule has 3 heteroatoms.